The summed E-state index contributed by atoms with van der Waals surface area (Å²) in [7, 11) is 4.01. The number of rotatable bonds is 5. The maximum absolute atomic E-state index is 4.49. The Hall–Kier alpha value is -0.830. The molecule has 1 aromatic rings. The summed E-state index contributed by atoms with van der Waals surface area (Å²) in [6.45, 7) is 4.37. The second-order valence-electron chi connectivity index (χ2n) is 3.89. The predicted octanol–water partition coefficient (Wildman–Crippen LogP) is 1.52. The zero-order chi connectivity index (χ0) is 10.6. The summed E-state index contributed by atoms with van der Waals surface area (Å²) in [5.74, 6) is 0. The van der Waals surface area contributed by atoms with Crippen molar-refractivity contribution in [3.05, 3.63) is 17.5 Å². The molecule has 3 heteroatoms. The third-order valence-corrected chi connectivity index (χ3v) is 2.54. The molecule has 1 atom stereocenters. The number of nitrogens with zero attached hydrogens (tertiary/aromatic N) is 2. The van der Waals surface area contributed by atoms with Gasteiger partial charge >= 0.3 is 0 Å². The van der Waals surface area contributed by atoms with Crippen molar-refractivity contribution < 1.29 is 0 Å². The summed E-state index contributed by atoms with van der Waals surface area (Å²) < 4.78 is 2.00. The van der Waals surface area contributed by atoms with Crippen molar-refractivity contribution in [1.29, 1.82) is 0 Å². The molecular weight excluding hydrogens is 174 g/mol. The van der Waals surface area contributed by atoms with Crippen molar-refractivity contribution in [2.24, 2.45) is 7.05 Å². The summed E-state index contributed by atoms with van der Waals surface area (Å²) in [6.07, 6.45) is 3.31. The van der Waals surface area contributed by atoms with Gasteiger partial charge in [-0.15, -0.1) is 0 Å². The quantitative estimate of drug-likeness (QED) is 0.772. The van der Waals surface area contributed by atoms with Gasteiger partial charge in [-0.1, -0.05) is 13.3 Å². The SMILES string of the molecule is CCCc1cc(CC(C)NC)nn1C. The van der Waals surface area contributed by atoms with Gasteiger partial charge in [-0.3, -0.25) is 4.68 Å². The van der Waals surface area contributed by atoms with Gasteiger partial charge in [-0.2, -0.15) is 5.10 Å². The number of aryl methyl sites for hydroxylation is 2. The van der Waals surface area contributed by atoms with E-state index in [0.717, 1.165) is 12.8 Å². The standard InChI is InChI=1S/C11H21N3/c1-5-6-11-8-10(13-14(11)4)7-9(2)12-3/h8-9,12H,5-7H2,1-4H3. The van der Waals surface area contributed by atoms with Crippen molar-refractivity contribution in [2.75, 3.05) is 7.05 Å². The molecule has 0 radical (unpaired) electrons. The van der Waals surface area contributed by atoms with Crippen LogP contribution in [0, 0.1) is 0 Å². The zero-order valence-corrected chi connectivity index (χ0v) is 9.67. The Bertz CT molecular complexity index is 278. The minimum atomic E-state index is 0.499. The van der Waals surface area contributed by atoms with Gasteiger partial charge < -0.3 is 5.32 Å². The number of hydrogen-bond acceptors (Lipinski definition) is 2. The first kappa shape index (κ1) is 11.2. The first-order valence-corrected chi connectivity index (χ1v) is 5.36. The van der Waals surface area contributed by atoms with Crippen molar-refractivity contribution in [3.8, 4) is 0 Å². The third-order valence-electron chi connectivity index (χ3n) is 2.54. The van der Waals surface area contributed by atoms with Gasteiger partial charge in [0.1, 0.15) is 0 Å². The van der Waals surface area contributed by atoms with Crippen LogP contribution < -0.4 is 5.32 Å². The van der Waals surface area contributed by atoms with Gasteiger partial charge in [0.2, 0.25) is 0 Å². The van der Waals surface area contributed by atoms with Gasteiger partial charge in [0, 0.05) is 25.2 Å². The van der Waals surface area contributed by atoms with Crippen LogP contribution >= 0.6 is 0 Å². The molecule has 1 N–H and O–H groups in total. The van der Waals surface area contributed by atoms with E-state index in [0.29, 0.717) is 6.04 Å². The molecule has 80 valence electrons. The second-order valence-corrected chi connectivity index (χ2v) is 3.89. The van der Waals surface area contributed by atoms with Crippen LogP contribution in [-0.4, -0.2) is 22.9 Å². The second kappa shape index (κ2) is 5.15. The van der Waals surface area contributed by atoms with Crippen LogP contribution in [-0.2, 0) is 19.9 Å². The van der Waals surface area contributed by atoms with E-state index < -0.39 is 0 Å². The number of likely N-dealkylation sites (N-methyl/N-ethyl adjacent to an activating group) is 1. The maximum atomic E-state index is 4.49. The first-order valence-electron chi connectivity index (χ1n) is 5.36. The molecule has 0 saturated carbocycles. The fraction of sp³-hybridized carbons (Fsp3) is 0.727. The summed E-state index contributed by atoms with van der Waals surface area (Å²) in [6, 6.07) is 2.72. The molecule has 1 heterocycles. The van der Waals surface area contributed by atoms with Crippen LogP contribution in [0.3, 0.4) is 0 Å². The molecule has 1 unspecified atom stereocenters. The van der Waals surface area contributed by atoms with Gasteiger partial charge in [-0.05, 0) is 26.5 Å². The van der Waals surface area contributed by atoms with Crippen LogP contribution in [0.4, 0.5) is 0 Å². The summed E-state index contributed by atoms with van der Waals surface area (Å²) in [4.78, 5) is 0. The van der Waals surface area contributed by atoms with E-state index in [-0.39, 0.29) is 0 Å². The van der Waals surface area contributed by atoms with E-state index in [9.17, 15) is 0 Å². The first-order chi connectivity index (χ1) is 6.67. The molecule has 1 aromatic heterocycles. The van der Waals surface area contributed by atoms with Crippen molar-refractivity contribution in [1.82, 2.24) is 15.1 Å². The Morgan fingerprint density at radius 1 is 1.57 bits per heavy atom. The average molecular weight is 195 g/mol. The Labute approximate surface area is 86.5 Å². The molecule has 0 aliphatic rings. The molecule has 0 bridgehead atoms. The van der Waals surface area contributed by atoms with Gasteiger partial charge in [-0.25, -0.2) is 0 Å². The lowest BCUT2D eigenvalue weighted by Gasteiger charge is -2.06. The highest BCUT2D eigenvalue weighted by Crippen LogP contribution is 2.07. The molecule has 3 nitrogen and oxygen atoms in total. The minimum Gasteiger partial charge on any atom is -0.317 e. The molecule has 0 aliphatic heterocycles. The summed E-state index contributed by atoms with van der Waals surface area (Å²) in [5, 5.41) is 7.72. The zero-order valence-electron chi connectivity index (χ0n) is 9.67. The van der Waals surface area contributed by atoms with E-state index in [4.69, 9.17) is 0 Å². The van der Waals surface area contributed by atoms with E-state index >= 15 is 0 Å². The molecule has 0 spiro atoms. The fourth-order valence-corrected chi connectivity index (χ4v) is 1.58. The van der Waals surface area contributed by atoms with Crippen molar-refractivity contribution in [2.45, 2.75) is 39.2 Å². The van der Waals surface area contributed by atoms with Crippen molar-refractivity contribution >= 4 is 0 Å². The van der Waals surface area contributed by atoms with E-state index in [1.54, 1.807) is 0 Å². The Morgan fingerprint density at radius 2 is 2.29 bits per heavy atom. The largest absolute Gasteiger partial charge is 0.317 e. The Morgan fingerprint density at radius 3 is 2.86 bits per heavy atom. The highest BCUT2D eigenvalue weighted by Gasteiger charge is 2.07. The number of aromatic nitrogens is 2. The molecule has 0 saturated heterocycles. The molecule has 0 aliphatic carbocycles. The normalized spacial score (nSPS) is 13.1. The molecule has 0 fully saturated rings. The fourth-order valence-electron chi connectivity index (χ4n) is 1.58. The highest BCUT2D eigenvalue weighted by atomic mass is 15.3. The molecule has 14 heavy (non-hydrogen) atoms. The molecule has 0 aromatic carbocycles. The van der Waals surface area contributed by atoms with Crippen LogP contribution in [0.5, 0.6) is 0 Å². The monoisotopic (exact) mass is 195 g/mol. The highest BCUT2D eigenvalue weighted by molar-refractivity contribution is 5.11. The van der Waals surface area contributed by atoms with Crippen LogP contribution in [0.1, 0.15) is 31.7 Å². The van der Waals surface area contributed by atoms with Crippen molar-refractivity contribution in [3.63, 3.8) is 0 Å². The minimum absolute atomic E-state index is 0.499. The third kappa shape index (κ3) is 2.84. The smallest absolute Gasteiger partial charge is 0.0642 e. The van der Waals surface area contributed by atoms with Crippen LogP contribution in [0.25, 0.3) is 0 Å². The summed E-state index contributed by atoms with van der Waals surface area (Å²) in [5.41, 5.74) is 2.53. The van der Waals surface area contributed by atoms with Gasteiger partial charge in [0.05, 0.1) is 5.69 Å². The van der Waals surface area contributed by atoms with Gasteiger partial charge in [0.25, 0.3) is 0 Å². The molecule has 0 amide bonds. The average Bonchev–Trinajstić information content (AvgIpc) is 2.47. The molecule has 1 rings (SSSR count). The van der Waals surface area contributed by atoms with E-state index in [1.165, 1.54) is 17.8 Å². The Balaban J connectivity index is 2.65. The lowest BCUT2D eigenvalue weighted by molar-refractivity contribution is 0.590. The number of hydrogen-bond donors (Lipinski definition) is 1. The van der Waals surface area contributed by atoms with Gasteiger partial charge in [0.15, 0.2) is 0 Å². The van der Waals surface area contributed by atoms with Crippen LogP contribution in [0.15, 0.2) is 6.07 Å². The van der Waals surface area contributed by atoms with E-state index in [1.807, 2.05) is 18.8 Å². The lowest BCUT2D eigenvalue weighted by atomic mass is 10.1. The predicted molar refractivity (Wildman–Crippen MR) is 59.4 cm³/mol. The topological polar surface area (TPSA) is 29.9 Å². The maximum Gasteiger partial charge on any atom is 0.0642 e. The molecular formula is C11H21N3. The van der Waals surface area contributed by atoms with E-state index in [2.05, 4.69) is 30.3 Å². The number of nitrogens with one attached hydrogen (secondary N) is 1. The van der Waals surface area contributed by atoms with Crippen LogP contribution in [0.2, 0.25) is 0 Å². The summed E-state index contributed by atoms with van der Waals surface area (Å²) >= 11 is 0. The lowest BCUT2D eigenvalue weighted by Crippen LogP contribution is -2.23. The Kier molecular flexibility index (Phi) is 4.14.